The summed E-state index contributed by atoms with van der Waals surface area (Å²) in [6.07, 6.45) is 10.1. The SMILES string of the molecule is C[C@]12Cc3cnn(-c4ccc(F)cc4)c3C=C1CC[C@@H]2CC(NC(=O)Cc1c[nH]c2ccc(O)cc12)c1ccccc1. The Labute approximate surface area is 243 Å². The third-order valence-corrected chi connectivity index (χ3v) is 9.38. The van der Waals surface area contributed by atoms with E-state index < -0.39 is 0 Å². The van der Waals surface area contributed by atoms with E-state index in [4.69, 9.17) is 0 Å². The molecule has 0 saturated heterocycles. The van der Waals surface area contributed by atoms with Crippen molar-refractivity contribution in [3.8, 4) is 11.4 Å². The molecule has 6 nitrogen and oxygen atoms in total. The first-order chi connectivity index (χ1) is 20.4. The third kappa shape index (κ3) is 4.69. The number of hydrogen-bond donors (Lipinski definition) is 3. The first-order valence-corrected chi connectivity index (χ1v) is 14.5. The van der Waals surface area contributed by atoms with Crippen LogP contribution in [-0.2, 0) is 17.6 Å². The molecule has 3 atom stereocenters. The molecule has 7 rings (SSSR count). The Balaban J connectivity index is 1.13. The van der Waals surface area contributed by atoms with Crippen LogP contribution in [0.2, 0.25) is 0 Å². The summed E-state index contributed by atoms with van der Waals surface area (Å²) in [7, 11) is 0. The first-order valence-electron chi connectivity index (χ1n) is 14.5. The molecule has 2 aliphatic carbocycles. The number of nitrogens with zero attached hydrogens (tertiary/aromatic N) is 2. The van der Waals surface area contributed by atoms with Crippen LogP contribution in [-0.4, -0.2) is 25.8 Å². The van der Waals surface area contributed by atoms with Gasteiger partial charge in [0.2, 0.25) is 5.91 Å². The van der Waals surface area contributed by atoms with Crippen LogP contribution in [0.15, 0.2) is 90.8 Å². The second-order valence-corrected chi connectivity index (χ2v) is 11.9. The topological polar surface area (TPSA) is 82.9 Å². The van der Waals surface area contributed by atoms with Gasteiger partial charge in [-0.1, -0.05) is 42.8 Å². The summed E-state index contributed by atoms with van der Waals surface area (Å²) in [6, 6.07) is 21.7. The van der Waals surface area contributed by atoms with Gasteiger partial charge in [0.05, 0.1) is 30.0 Å². The highest BCUT2D eigenvalue weighted by atomic mass is 19.1. The van der Waals surface area contributed by atoms with Crippen LogP contribution < -0.4 is 5.32 Å². The molecule has 3 N–H and O–H groups in total. The highest BCUT2D eigenvalue weighted by Gasteiger charge is 2.46. The van der Waals surface area contributed by atoms with Gasteiger partial charge in [0.15, 0.2) is 0 Å². The number of aromatic amines is 1. The average molecular weight is 561 g/mol. The number of carbonyl (C=O) groups excluding carboxylic acids is 1. The van der Waals surface area contributed by atoms with Gasteiger partial charge in [-0.25, -0.2) is 9.07 Å². The second-order valence-electron chi connectivity index (χ2n) is 11.9. The predicted molar refractivity (Wildman–Crippen MR) is 162 cm³/mol. The number of fused-ring (bicyclic) bond motifs is 3. The molecule has 0 spiro atoms. The summed E-state index contributed by atoms with van der Waals surface area (Å²) in [5.74, 6) is 0.258. The molecule has 1 saturated carbocycles. The van der Waals surface area contributed by atoms with E-state index in [1.54, 1.807) is 24.3 Å². The van der Waals surface area contributed by atoms with Gasteiger partial charge in [0, 0.05) is 17.1 Å². The molecule has 1 unspecified atom stereocenters. The molecule has 0 radical (unpaired) electrons. The number of phenolic OH excluding ortho intramolecular Hbond substituents is 1. The quantitative estimate of drug-likeness (QED) is 0.200. The van der Waals surface area contributed by atoms with Gasteiger partial charge < -0.3 is 15.4 Å². The van der Waals surface area contributed by atoms with Gasteiger partial charge in [-0.2, -0.15) is 5.10 Å². The Morgan fingerprint density at radius 2 is 1.98 bits per heavy atom. The number of halogens is 1. The van der Waals surface area contributed by atoms with E-state index in [1.165, 1.54) is 23.3 Å². The fourth-order valence-electron chi connectivity index (χ4n) is 7.08. The molecule has 2 heterocycles. The highest BCUT2D eigenvalue weighted by molar-refractivity contribution is 5.89. The number of aromatic nitrogens is 3. The average Bonchev–Trinajstić information content (AvgIpc) is 3.67. The van der Waals surface area contributed by atoms with Crippen LogP contribution in [0.4, 0.5) is 4.39 Å². The van der Waals surface area contributed by atoms with Crippen LogP contribution >= 0.6 is 0 Å². The van der Waals surface area contributed by atoms with Crippen molar-refractivity contribution >= 4 is 22.9 Å². The zero-order valence-electron chi connectivity index (χ0n) is 23.5. The summed E-state index contributed by atoms with van der Waals surface area (Å²) in [6.45, 7) is 2.36. The Kier molecular flexibility index (Phi) is 6.45. The molecule has 5 aromatic rings. The maximum Gasteiger partial charge on any atom is 0.224 e. The second kappa shape index (κ2) is 10.3. The van der Waals surface area contributed by atoms with Crippen LogP contribution in [0.5, 0.6) is 5.75 Å². The summed E-state index contributed by atoms with van der Waals surface area (Å²) >= 11 is 0. The molecule has 1 amide bonds. The lowest BCUT2D eigenvalue weighted by Crippen LogP contribution is -2.35. The molecular formula is C35H33FN4O2. The maximum absolute atomic E-state index is 13.5. The Bertz CT molecular complexity index is 1800. The van der Waals surface area contributed by atoms with Crippen molar-refractivity contribution in [2.24, 2.45) is 11.3 Å². The first kappa shape index (κ1) is 26.3. The number of carbonyl (C=O) groups is 1. The predicted octanol–water partition coefficient (Wildman–Crippen LogP) is 7.04. The van der Waals surface area contributed by atoms with E-state index in [1.807, 2.05) is 41.3 Å². The minimum atomic E-state index is -0.259. The minimum Gasteiger partial charge on any atom is -0.508 e. The van der Waals surface area contributed by atoms with Gasteiger partial charge in [0.1, 0.15) is 11.6 Å². The normalized spacial score (nSPS) is 20.1. The number of H-pyrrole nitrogens is 1. The van der Waals surface area contributed by atoms with Crippen LogP contribution in [0.1, 0.15) is 54.6 Å². The lowest BCUT2D eigenvalue weighted by Gasteiger charge is -2.37. The van der Waals surface area contributed by atoms with Crippen molar-refractivity contribution in [2.75, 3.05) is 0 Å². The van der Waals surface area contributed by atoms with Gasteiger partial charge in [0.25, 0.3) is 0 Å². The summed E-state index contributed by atoms with van der Waals surface area (Å²) in [5, 5.41) is 18.9. The summed E-state index contributed by atoms with van der Waals surface area (Å²) in [5.41, 5.74) is 7.37. The van der Waals surface area contributed by atoms with E-state index in [9.17, 15) is 14.3 Å². The zero-order chi connectivity index (χ0) is 28.8. The van der Waals surface area contributed by atoms with Gasteiger partial charge >= 0.3 is 0 Å². The molecule has 212 valence electrons. The third-order valence-electron chi connectivity index (χ3n) is 9.38. The number of nitrogens with one attached hydrogen (secondary N) is 2. The molecule has 2 aromatic heterocycles. The lowest BCUT2D eigenvalue weighted by molar-refractivity contribution is -0.121. The van der Waals surface area contributed by atoms with Crippen molar-refractivity contribution in [2.45, 2.75) is 45.1 Å². The van der Waals surface area contributed by atoms with Crippen molar-refractivity contribution in [3.05, 3.63) is 119 Å². The van der Waals surface area contributed by atoms with E-state index >= 15 is 0 Å². The number of benzene rings is 3. The van der Waals surface area contributed by atoms with E-state index in [-0.39, 0.29) is 35.4 Å². The monoisotopic (exact) mass is 560 g/mol. The number of phenols is 1. The number of allylic oxidation sites excluding steroid dienone is 1. The van der Waals surface area contributed by atoms with Crippen LogP contribution in [0.25, 0.3) is 22.7 Å². The minimum absolute atomic E-state index is 0.0320. The zero-order valence-corrected chi connectivity index (χ0v) is 23.5. The number of rotatable bonds is 7. The molecule has 1 fully saturated rings. The largest absolute Gasteiger partial charge is 0.508 e. The molecule has 0 bridgehead atoms. The summed E-state index contributed by atoms with van der Waals surface area (Å²) < 4.78 is 15.4. The standard InChI is InChI=1S/C35H33FN4O2/c1-35-19-24-21-38-40(28-11-9-27(36)10-12-28)33(24)17-26(35)8-7-25(35)16-32(22-5-3-2-4-6-22)39-34(42)15-23-20-37-31-14-13-29(41)18-30(23)31/h2-6,9-14,17-18,20-21,25,32,37,41H,7-8,15-16,19H2,1H3,(H,39,42)/t25-,32?,35-/m1/s1. The molecule has 2 aliphatic rings. The molecule has 7 heteroatoms. The molecule has 42 heavy (non-hydrogen) atoms. The fraction of sp³-hybridized carbons (Fsp3) is 0.257. The van der Waals surface area contributed by atoms with Crippen LogP contribution in [0, 0.1) is 17.2 Å². The molecule has 0 aliphatic heterocycles. The molecule has 3 aromatic carbocycles. The fourth-order valence-corrected chi connectivity index (χ4v) is 7.08. The van der Waals surface area contributed by atoms with E-state index in [0.29, 0.717) is 5.92 Å². The van der Waals surface area contributed by atoms with Crippen molar-refractivity contribution < 1.29 is 14.3 Å². The van der Waals surface area contributed by atoms with E-state index in [2.05, 4.69) is 40.5 Å². The van der Waals surface area contributed by atoms with Crippen molar-refractivity contribution in [1.82, 2.24) is 20.1 Å². The van der Waals surface area contributed by atoms with Crippen molar-refractivity contribution in [1.29, 1.82) is 0 Å². The Hall–Kier alpha value is -4.65. The number of hydrogen-bond acceptors (Lipinski definition) is 3. The summed E-state index contributed by atoms with van der Waals surface area (Å²) in [4.78, 5) is 16.7. The highest BCUT2D eigenvalue weighted by Crippen LogP contribution is 2.55. The van der Waals surface area contributed by atoms with E-state index in [0.717, 1.165) is 59.1 Å². The number of amides is 1. The Morgan fingerprint density at radius 3 is 2.79 bits per heavy atom. The van der Waals surface area contributed by atoms with Gasteiger partial charge in [-0.3, -0.25) is 4.79 Å². The lowest BCUT2D eigenvalue weighted by atomic mass is 9.68. The smallest absolute Gasteiger partial charge is 0.224 e. The van der Waals surface area contributed by atoms with Crippen molar-refractivity contribution in [3.63, 3.8) is 0 Å². The number of aromatic hydroxyl groups is 1. The van der Waals surface area contributed by atoms with Gasteiger partial charge in [-0.05, 0) is 102 Å². The van der Waals surface area contributed by atoms with Gasteiger partial charge in [-0.15, -0.1) is 0 Å². The molecular weight excluding hydrogens is 527 g/mol. The maximum atomic E-state index is 13.5. The Morgan fingerprint density at radius 1 is 1.17 bits per heavy atom. The van der Waals surface area contributed by atoms with Crippen LogP contribution in [0.3, 0.4) is 0 Å².